The molecule has 3 rings (SSSR count). The van der Waals surface area contributed by atoms with Crippen LogP contribution in [-0.4, -0.2) is 24.2 Å². The molecule has 1 saturated carbocycles. The van der Waals surface area contributed by atoms with E-state index in [2.05, 4.69) is 10.6 Å². The van der Waals surface area contributed by atoms with Crippen LogP contribution >= 0.6 is 23.6 Å². The molecule has 2 N–H and O–H groups in total. The molecule has 2 aliphatic rings. The van der Waals surface area contributed by atoms with Crippen molar-refractivity contribution in [2.24, 2.45) is 0 Å². The number of esters is 1. The second kappa shape index (κ2) is 6.96. The summed E-state index contributed by atoms with van der Waals surface area (Å²) in [6.45, 7) is 0. The SMILES string of the molecule is COC(=O)c1c(NC(=S)NC2CC2)sc2c1CCCCCC2. The maximum atomic E-state index is 12.3. The van der Waals surface area contributed by atoms with Gasteiger partial charge in [-0.2, -0.15) is 0 Å². The van der Waals surface area contributed by atoms with Gasteiger partial charge in [-0.1, -0.05) is 12.8 Å². The van der Waals surface area contributed by atoms with E-state index in [1.807, 2.05) is 0 Å². The minimum Gasteiger partial charge on any atom is -0.465 e. The Kier molecular flexibility index (Phi) is 4.98. The number of anilines is 1. The lowest BCUT2D eigenvalue weighted by atomic mass is 9.96. The topological polar surface area (TPSA) is 50.4 Å². The van der Waals surface area contributed by atoms with Crippen molar-refractivity contribution in [3.8, 4) is 0 Å². The van der Waals surface area contributed by atoms with Crippen molar-refractivity contribution in [1.29, 1.82) is 0 Å². The van der Waals surface area contributed by atoms with Crippen molar-refractivity contribution in [2.45, 2.75) is 57.4 Å². The Labute approximate surface area is 140 Å². The predicted octanol–water partition coefficient (Wildman–Crippen LogP) is 3.64. The molecule has 0 amide bonds. The lowest BCUT2D eigenvalue weighted by molar-refractivity contribution is 0.0601. The van der Waals surface area contributed by atoms with Gasteiger partial charge in [0.1, 0.15) is 5.00 Å². The number of carbonyl (C=O) groups is 1. The summed E-state index contributed by atoms with van der Waals surface area (Å²) in [5.41, 5.74) is 1.87. The molecule has 0 radical (unpaired) electrons. The number of fused-ring (bicyclic) bond motifs is 1. The first-order chi connectivity index (χ1) is 10.7. The van der Waals surface area contributed by atoms with Crippen LogP contribution in [0.15, 0.2) is 0 Å². The van der Waals surface area contributed by atoms with Gasteiger partial charge in [-0.25, -0.2) is 4.79 Å². The number of nitrogens with one attached hydrogen (secondary N) is 2. The Balaban J connectivity index is 1.87. The zero-order valence-electron chi connectivity index (χ0n) is 12.9. The molecule has 0 aromatic carbocycles. The summed E-state index contributed by atoms with van der Waals surface area (Å²) in [4.78, 5) is 13.6. The highest BCUT2D eigenvalue weighted by molar-refractivity contribution is 7.80. The van der Waals surface area contributed by atoms with E-state index in [0.717, 1.165) is 24.3 Å². The Morgan fingerprint density at radius 1 is 1.23 bits per heavy atom. The second-order valence-corrected chi connectivity index (χ2v) is 7.50. The van der Waals surface area contributed by atoms with Crippen LogP contribution in [-0.2, 0) is 17.6 Å². The first-order valence-corrected chi connectivity index (χ1v) is 9.22. The van der Waals surface area contributed by atoms with Crippen LogP contribution in [0.1, 0.15) is 59.3 Å². The number of thiocarbonyl (C=S) groups is 1. The number of ether oxygens (including phenoxy) is 1. The molecule has 1 heterocycles. The van der Waals surface area contributed by atoms with Crippen LogP contribution < -0.4 is 10.6 Å². The first-order valence-electron chi connectivity index (χ1n) is 7.99. The minimum absolute atomic E-state index is 0.255. The van der Waals surface area contributed by atoms with E-state index in [1.165, 1.54) is 49.7 Å². The summed E-state index contributed by atoms with van der Waals surface area (Å²) in [6.07, 6.45) is 9.19. The van der Waals surface area contributed by atoms with Crippen LogP contribution in [0.5, 0.6) is 0 Å². The number of hydrogen-bond acceptors (Lipinski definition) is 4. The number of hydrogen-bond donors (Lipinski definition) is 2. The van der Waals surface area contributed by atoms with Gasteiger partial charge in [0.15, 0.2) is 5.11 Å². The van der Waals surface area contributed by atoms with Crippen LogP contribution in [0.4, 0.5) is 5.00 Å². The summed E-state index contributed by atoms with van der Waals surface area (Å²) >= 11 is 7.03. The molecule has 0 spiro atoms. The van der Waals surface area contributed by atoms with E-state index in [1.54, 1.807) is 11.3 Å². The van der Waals surface area contributed by atoms with Crippen LogP contribution in [0, 0.1) is 0 Å². The fourth-order valence-corrected chi connectivity index (χ4v) is 4.49. The zero-order chi connectivity index (χ0) is 15.5. The molecular weight excluding hydrogens is 316 g/mol. The molecule has 4 nitrogen and oxygen atoms in total. The average molecular weight is 338 g/mol. The van der Waals surface area contributed by atoms with Crippen molar-refractivity contribution in [1.82, 2.24) is 5.32 Å². The van der Waals surface area contributed by atoms with Gasteiger partial charge in [-0.3, -0.25) is 0 Å². The molecule has 0 saturated heterocycles. The van der Waals surface area contributed by atoms with E-state index in [4.69, 9.17) is 17.0 Å². The summed E-state index contributed by atoms with van der Waals surface area (Å²) in [5.74, 6) is -0.255. The van der Waals surface area contributed by atoms with E-state index < -0.39 is 0 Å². The Hall–Kier alpha value is -1.14. The van der Waals surface area contributed by atoms with Gasteiger partial charge in [0.05, 0.1) is 12.7 Å². The van der Waals surface area contributed by atoms with Crippen molar-refractivity contribution in [3.63, 3.8) is 0 Å². The van der Waals surface area contributed by atoms with E-state index in [-0.39, 0.29) is 5.97 Å². The van der Waals surface area contributed by atoms with Crippen LogP contribution in [0.25, 0.3) is 0 Å². The summed E-state index contributed by atoms with van der Waals surface area (Å²) in [7, 11) is 1.44. The summed E-state index contributed by atoms with van der Waals surface area (Å²) in [6, 6.07) is 0.502. The predicted molar refractivity (Wildman–Crippen MR) is 93.9 cm³/mol. The number of methoxy groups -OCH3 is 1. The second-order valence-electron chi connectivity index (χ2n) is 5.99. The quantitative estimate of drug-likeness (QED) is 0.651. The van der Waals surface area contributed by atoms with Crippen molar-refractivity contribution >= 4 is 39.6 Å². The largest absolute Gasteiger partial charge is 0.465 e. The maximum absolute atomic E-state index is 12.3. The molecule has 0 aliphatic heterocycles. The lowest BCUT2D eigenvalue weighted by Crippen LogP contribution is -2.30. The summed E-state index contributed by atoms with van der Waals surface area (Å²) < 4.78 is 5.01. The standard InChI is InChI=1S/C16H22N2O2S2/c1-20-15(19)13-11-6-4-2-3-5-7-12(11)22-14(13)18-16(21)17-10-8-9-10/h10H,2-9H2,1H3,(H2,17,18,21). The van der Waals surface area contributed by atoms with E-state index in [9.17, 15) is 4.79 Å². The van der Waals surface area contributed by atoms with Crippen molar-refractivity contribution in [2.75, 3.05) is 12.4 Å². The highest BCUT2D eigenvalue weighted by Gasteiger charge is 2.27. The molecule has 0 unspecified atom stereocenters. The minimum atomic E-state index is -0.255. The maximum Gasteiger partial charge on any atom is 0.341 e. The molecule has 22 heavy (non-hydrogen) atoms. The molecular formula is C16H22N2O2S2. The number of carbonyl (C=O) groups excluding carboxylic acids is 1. The van der Waals surface area contributed by atoms with Gasteiger partial charge in [0.25, 0.3) is 0 Å². The third-order valence-corrected chi connectivity index (χ3v) is 5.63. The van der Waals surface area contributed by atoms with Gasteiger partial charge in [-0.15, -0.1) is 11.3 Å². The van der Waals surface area contributed by atoms with E-state index in [0.29, 0.717) is 16.7 Å². The molecule has 0 atom stereocenters. The average Bonchev–Trinajstić information content (AvgIpc) is 3.22. The van der Waals surface area contributed by atoms with Gasteiger partial charge in [0.2, 0.25) is 0 Å². The lowest BCUT2D eigenvalue weighted by Gasteiger charge is -2.11. The van der Waals surface area contributed by atoms with Crippen molar-refractivity contribution < 1.29 is 9.53 Å². The Morgan fingerprint density at radius 2 is 1.95 bits per heavy atom. The third-order valence-electron chi connectivity index (χ3n) is 4.20. The van der Waals surface area contributed by atoms with E-state index >= 15 is 0 Å². The molecule has 120 valence electrons. The number of rotatable bonds is 3. The monoisotopic (exact) mass is 338 g/mol. The molecule has 1 aromatic rings. The highest BCUT2D eigenvalue weighted by atomic mass is 32.1. The first kappa shape index (κ1) is 15.7. The molecule has 1 aromatic heterocycles. The molecule has 6 heteroatoms. The normalized spacial score (nSPS) is 17.9. The molecule has 0 bridgehead atoms. The smallest absolute Gasteiger partial charge is 0.341 e. The fraction of sp³-hybridized carbons (Fsp3) is 0.625. The Morgan fingerprint density at radius 3 is 2.64 bits per heavy atom. The third kappa shape index (κ3) is 3.60. The summed E-state index contributed by atoms with van der Waals surface area (Å²) in [5, 5.41) is 7.96. The zero-order valence-corrected chi connectivity index (χ0v) is 14.5. The molecule has 1 fully saturated rings. The fourth-order valence-electron chi connectivity index (χ4n) is 2.88. The van der Waals surface area contributed by atoms with Gasteiger partial charge < -0.3 is 15.4 Å². The van der Waals surface area contributed by atoms with Gasteiger partial charge in [-0.05, 0) is 56.3 Å². The highest BCUT2D eigenvalue weighted by Crippen LogP contribution is 2.37. The molecule has 2 aliphatic carbocycles. The van der Waals surface area contributed by atoms with Crippen LogP contribution in [0.2, 0.25) is 0 Å². The van der Waals surface area contributed by atoms with Crippen LogP contribution in [0.3, 0.4) is 0 Å². The number of aryl methyl sites for hydroxylation is 1. The van der Waals surface area contributed by atoms with Gasteiger partial charge in [0, 0.05) is 10.9 Å². The Bertz CT molecular complexity index is 579. The van der Waals surface area contributed by atoms with Gasteiger partial charge >= 0.3 is 5.97 Å². The van der Waals surface area contributed by atoms with Crippen molar-refractivity contribution in [3.05, 3.63) is 16.0 Å². The number of thiophene rings is 1.